The van der Waals surface area contributed by atoms with E-state index in [1.165, 1.54) is 4.52 Å². The summed E-state index contributed by atoms with van der Waals surface area (Å²) in [4.78, 5) is 43.0. The fourth-order valence-electron chi connectivity index (χ4n) is 4.34. The number of hydrogen-bond donors (Lipinski definition) is 0. The molecule has 0 aromatic carbocycles. The van der Waals surface area contributed by atoms with Crippen LogP contribution >= 0.6 is 0 Å². The topological polar surface area (TPSA) is 79.9 Å². The van der Waals surface area contributed by atoms with Crippen LogP contribution in [0, 0.1) is 5.92 Å². The predicted molar refractivity (Wildman–Crippen MR) is 114 cm³/mol. The van der Waals surface area contributed by atoms with E-state index in [-0.39, 0.29) is 41.8 Å². The van der Waals surface area contributed by atoms with Gasteiger partial charge in [0.15, 0.2) is 0 Å². The molecule has 2 aliphatic rings. The third-order valence-corrected chi connectivity index (χ3v) is 5.92. The molecule has 0 atom stereocenters. The van der Waals surface area contributed by atoms with Gasteiger partial charge in [-0.05, 0) is 18.8 Å². The first kappa shape index (κ1) is 20.6. The molecule has 0 spiro atoms. The number of rotatable bonds is 4. The predicted octanol–water partition coefficient (Wildman–Crippen LogP) is 2.03. The highest BCUT2D eigenvalue weighted by molar-refractivity contribution is 5.97. The number of aromatic nitrogens is 3. The van der Waals surface area contributed by atoms with Gasteiger partial charge in [-0.1, -0.05) is 34.6 Å². The van der Waals surface area contributed by atoms with Crippen molar-refractivity contribution in [2.24, 2.45) is 5.92 Å². The minimum atomic E-state index is -0.264. The molecule has 8 heteroatoms. The third kappa shape index (κ3) is 3.42. The average molecular weight is 414 g/mol. The van der Waals surface area contributed by atoms with Crippen LogP contribution in [0.4, 0.5) is 0 Å². The normalized spacial score (nSPS) is 16.9. The summed E-state index contributed by atoms with van der Waals surface area (Å²) >= 11 is 0. The second-order valence-corrected chi connectivity index (χ2v) is 9.94. The lowest BCUT2D eigenvalue weighted by atomic mass is 9.93. The maximum absolute atomic E-state index is 13.3. The molecule has 1 saturated heterocycles. The van der Waals surface area contributed by atoms with Gasteiger partial charge in [-0.25, -0.2) is 0 Å². The maximum Gasteiger partial charge on any atom is 0.280 e. The Hall–Kier alpha value is -2.64. The van der Waals surface area contributed by atoms with Gasteiger partial charge in [0.05, 0.1) is 17.8 Å². The lowest BCUT2D eigenvalue weighted by Gasteiger charge is -2.20. The summed E-state index contributed by atoms with van der Waals surface area (Å²) in [5.74, 6) is 0.0921. The summed E-state index contributed by atoms with van der Waals surface area (Å²) in [6, 6.07) is 1.84. The number of carbonyl (C=O) groups is 2. The molecular formula is C22H31N5O3. The second kappa shape index (κ2) is 7.25. The van der Waals surface area contributed by atoms with Crippen LogP contribution in [-0.4, -0.2) is 55.4 Å². The molecule has 0 saturated carbocycles. The molecule has 2 aromatic heterocycles. The zero-order valence-corrected chi connectivity index (χ0v) is 18.6. The summed E-state index contributed by atoms with van der Waals surface area (Å²) in [6.07, 6.45) is 2.01. The molecule has 0 aliphatic carbocycles. The van der Waals surface area contributed by atoms with Crippen molar-refractivity contribution in [1.29, 1.82) is 0 Å². The van der Waals surface area contributed by atoms with Gasteiger partial charge in [0.2, 0.25) is 5.91 Å². The minimum Gasteiger partial charge on any atom is -0.341 e. The number of amides is 2. The Labute approximate surface area is 176 Å². The van der Waals surface area contributed by atoms with Crippen LogP contribution in [-0.2, 0) is 23.3 Å². The molecule has 0 N–H and O–H groups in total. The van der Waals surface area contributed by atoms with Crippen LogP contribution in [0.3, 0.4) is 0 Å². The first-order valence-corrected chi connectivity index (χ1v) is 10.8. The molecule has 2 amide bonds. The summed E-state index contributed by atoms with van der Waals surface area (Å²) in [5, 5.41) is 4.57. The quantitative estimate of drug-likeness (QED) is 0.768. The Morgan fingerprint density at radius 3 is 2.43 bits per heavy atom. The van der Waals surface area contributed by atoms with Gasteiger partial charge in [-0.15, -0.1) is 0 Å². The first-order valence-electron chi connectivity index (χ1n) is 10.8. The second-order valence-electron chi connectivity index (χ2n) is 9.94. The van der Waals surface area contributed by atoms with Crippen LogP contribution in [0.1, 0.15) is 69.2 Å². The van der Waals surface area contributed by atoms with Gasteiger partial charge in [-0.3, -0.25) is 14.4 Å². The van der Waals surface area contributed by atoms with Gasteiger partial charge in [0, 0.05) is 31.1 Å². The van der Waals surface area contributed by atoms with Crippen molar-refractivity contribution >= 4 is 17.5 Å². The number of hydrogen-bond acceptors (Lipinski definition) is 4. The number of carbonyl (C=O) groups excluding carboxylic acids is 2. The average Bonchev–Trinajstić information content (AvgIpc) is 3.38. The standard InChI is InChI=1S/C22H31N5O3/c1-14(2)11-25-12-15-19(21(25)30)26(13-18(28)24-8-6-7-9-24)17-10-16(22(3,4)5)23-27(17)20(15)29/h10,14H,6-9,11-13H2,1-5H3. The van der Waals surface area contributed by atoms with Crippen molar-refractivity contribution in [3.8, 4) is 0 Å². The van der Waals surface area contributed by atoms with Crippen LogP contribution in [0.5, 0.6) is 0 Å². The molecule has 4 rings (SSSR count). The highest BCUT2D eigenvalue weighted by atomic mass is 16.2. The van der Waals surface area contributed by atoms with Crippen LogP contribution in [0.2, 0.25) is 0 Å². The van der Waals surface area contributed by atoms with E-state index in [0.29, 0.717) is 23.4 Å². The molecule has 2 aromatic rings. The largest absolute Gasteiger partial charge is 0.341 e. The van der Waals surface area contributed by atoms with Crippen LogP contribution in [0.25, 0.3) is 5.65 Å². The van der Waals surface area contributed by atoms with Crippen molar-refractivity contribution in [2.75, 3.05) is 19.6 Å². The number of fused-ring (bicyclic) bond motifs is 2. The Morgan fingerprint density at radius 1 is 1.17 bits per heavy atom. The van der Waals surface area contributed by atoms with Gasteiger partial charge in [0.25, 0.3) is 11.5 Å². The fourth-order valence-corrected chi connectivity index (χ4v) is 4.34. The molecule has 0 bridgehead atoms. The van der Waals surface area contributed by atoms with E-state index >= 15 is 0 Å². The van der Waals surface area contributed by atoms with E-state index in [4.69, 9.17) is 0 Å². The summed E-state index contributed by atoms with van der Waals surface area (Å²) in [7, 11) is 0. The van der Waals surface area contributed by atoms with E-state index in [0.717, 1.165) is 31.6 Å². The SMILES string of the molecule is CC(C)CN1Cc2c(n(CC(=O)N3CCCC3)c3cc(C(C)(C)C)nn3c2=O)C1=O. The Kier molecular flexibility index (Phi) is 4.98. The first-order chi connectivity index (χ1) is 14.1. The smallest absolute Gasteiger partial charge is 0.280 e. The molecular weight excluding hydrogens is 382 g/mol. The molecule has 162 valence electrons. The van der Waals surface area contributed by atoms with E-state index in [1.54, 1.807) is 9.47 Å². The van der Waals surface area contributed by atoms with Gasteiger partial charge < -0.3 is 14.4 Å². The number of likely N-dealkylation sites (tertiary alicyclic amines) is 1. The van der Waals surface area contributed by atoms with Crippen molar-refractivity contribution < 1.29 is 9.59 Å². The maximum atomic E-state index is 13.3. The summed E-state index contributed by atoms with van der Waals surface area (Å²) < 4.78 is 3.10. The highest BCUT2D eigenvalue weighted by Crippen LogP contribution is 2.27. The van der Waals surface area contributed by atoms with E-state index < -0.39 is 0 Å². The Morgan fingerprint density at radius 2 is 1.83 bits per heavy atom. The van der Waals surface area contributed by atoms with Crippen molar-refractivity contribution in [1.82, 2.24) is 24.0 Å². The number of nitrogens with zero attached hydrogens (tertiary/aromatic N) is 5. The monoisotopic (exact) mass is 413 g/mol. The lowest BCUT2D eigenvalue weighted by molar-refractivity contribution is -0.130. The zero-order chi connectivity index (χ0) is 21.8. The molecule has 0 radical (unpaired) electrons. The van der Waals surface area contributed by atoms with Crippen molar-refractivity contribution in [2.45, 2.75) is 66.0 Å². The summed E-state index contributed by atoms with van der Waals surface area (Å²) in [6.45, 7) is 12.6. The van der Waals surface area contributed by atoms with Crippen molar-refractivity contribution in [3.63, 3.8) is 0 Å². The third-order valence-electron chi connectivity index (χ3n) is 5.92. The van der Waals surface area contributed by atoms with E-state index in [2.05, 4.69) is 5.10 Å². The van der Waals surface area contributed by atoms with Crippen LogP contribution in [0.15, 0.2) is 10.9 Å². The molecule has 2 aliphatic heterocycles. The molecule has 0 unspecified atom stereocenters. The van der Waals surface area contributed by atoms with Crippen molar-refractivity contribution in [3.05, 3.63) is 33.4 Å². The minimum absolute atomic E-state index is 0.0196. The molecule has 4 heterocycles. The van der Waals surface area contributed by atoms with Crippen LogP contribution < -0.4 is 5.56 Å². The van der Waals surface area contributed by atoms with Gasteiger partial charge in [0.1, 0.15) is 17.9 Å². The van der Waals surface area contributed by atoms with Gasteiger partial charge in [-0.2, -0.15) is 9.61 Å². The molecule has 1 fully saturated rings. The Bertz CT molecular complexity index is 1070. The highest BCUT2D eigenvalue weighted by Gasteiger charge is 2.36. The van der Waals surface area contributed by atoms with E-state index in [1.807, 2.05) is 45.6 Å². The zero-order valence-electron chi connectivity index (χ0n) is 18.6. The molecule has 30 heavy (non-hydrogen) atoms. The van der Waals surface area contributed by atoms with Gasteiger partial charge >= 0.3 is 0 Å². The van der Waals surface area contributed by atoms with E-state index in [9.17, 15) is 14.4 Å². The molecule has 8 nitrogen and oxygen atoms in total. The summed E-state index contributed by atoms with van der Waals surface area (Å²) in [5.41, 5.74) is 1.54. The lowest BCUT2D eigenvalue weighted by Crippen LogP contribution is -2.34. The Balaban J connectivity index is 1.88. The fraction of sp³-hybridized carbons (Fsp3) is 0.636.